The lowest BCUT2D eigenvalue weighted by atomic mass is 9.96. The van der Waals surface area contributed by atoms with Crippen molar-refractivity contribution in [2.24, 2.45) is 0 Å². The third-order valence-electron chi connectivity index (χ3n) is 3.05. The molecule has 1 aromatic heterocycles. The maximum absolute atomic E-state index is 12.2. The highest BCUT2D eigenvalue weighted by Crippen LogP contribution is 2.24. The lowest BCUT2D eigenvalue weighted by Crippen LogP contribution is -2.30. The summed E-state index contributed by atoms with van der Waals surface area (Å²) in [5.74, 6) is 4.04. The van der Waals surface area contributed by atoms with Crippen LogP contribution in [0.3, 0.4) is 0 Å². The summed E-state index contributed by atoms with van der Waals surface area (Å²) in [6.45, 7) is 5.80. The molecule has 0 aliphatic carbocycles. The number of rotatable bonds is 4. The van der Waals surface area contributed by atoms with Gasteiger partial charge in [-0.3, -0.25) is 0 Å². The second-order valence-electron chi connectivity index (χ2n) is 5.93. The predicted molar refractivity (Wildman–Crippen MR) is 86.9 cm³/mol. The topological polar surface area (TPSA) is 66.2 Å². The van der Waals surface area contributed by atoms with Crippen LogP contribution in [0.5, 0.6) is 17.5 Å². The Hall–Kier alpha value is -2.81. The molecule has 0 unspecified atom stereocenters. The smallest absolute Gasteiger partial charge is 0.354 e. The van der Waals surface area contributed by atoms with Gasteiger partial charge in [-0.05, 0) is 24.3 Å². The molecule has 6 nitrogen and oxygen atoms in total. The number of benzene rings is 1. The Kier molecular flexibility index (Phi) is 4.70. The van der Waals surface area contributed by atoms with Crippen molar-refractivity contribution >= 4 is 0 Å². The molecule has 0 saturated carbocycles. The van der Waals surface area contributed by atoms with Gasteiger partial charge in [0.1, 0.15) is 17.3 Å². The summed E-state index contributed by atoms with van der Waals surface area (Å²) >= 11 is 0. The fraction of sp³-hybridized carbons (Fsp3) is 0.353. The zero-order valence-corrected chi connectivity index (χ0v) is 13.7. The Balaban J connectivity index is 2.47. The van der Waals surface area contributed by atoms with Crippen LogP contribution in [0.2, 0.25) is 0 Å². The van der Waals surface area contributed by atoms with Gasteiger partial charge in [-0.2, -0.15) is 9.97 Å². The predicted octanol–water partition coefficient (Wildman–Crippen LogP) is 2.37. The van der Waals surface area contributed by atoms with Crippen molar-refractivity contribution in [3.05, 3.63) is 40.6 Å². The van der Waals surface area contributed by atoms with Gasteiger partial charge in [-0.25, -0.2) is 9.36 Å². The first kappa shape index (κ1) is 16.6. The zero-order chi connectivity index (χ0) is 17.0. The van der Waals surface area contributed by atoms with Gasteiger partial charge in [0.05, 0.1) is 13.7 Å². The molecule has 0 aliphatic rings. The maximum Gasteiger partial charge on any atom is 0.354 e. The lowest BCUT2D eigenvalue weighted by Gasteiger charge is -2.18. The molecule has 0 radical (unpaired) electrons. The summed E-state index contributed by atoms with van der Waals surface area (Å²) in [6.07, 6.45) is 5.32. The number of ether oxygens (including phenoxy) is 2. The molecule has 6 heteroatoms. The molecule has 120 valence electrons. The largest absolute Gasteiger partial charge is 0.497 e. The van der Waals surface area contributed by atoms with Crippen molar-refractivity contribution in [3.63, 3.8) is 0 Å². The summed E-state index contributed by atoms with van der Waals surface area (Å²) in [4.78, 5) is 20.6. The van der Waals surface area contributed by atoms with Crippen LogP contribution in [0.15, 0.2) is 29.1 Å². The third-order valence-corrected chi connectivity index (χ3v) is 3.05. The molecule has 0 spiro atoms. The van der Waals surface area contributed by atoms with Crippen LogP contribution >= 0.6 is 0 Å². The molecule has 0 bridgehead atoms. The van der Waals surface area contributed by atoms with E-state index in [1.54, 1.807) is 31.4 Å². The number of hydrogen-bond acceptors (Lipinski definition) is 5. The van der Waals surface area contributed by atoms with Crippen LogP contribution in [0.4, 0.5) is 0 Å². The quantitative estimate of drug-likeness (QED) is 0.811. The van der Waals surface area contributed by atoms with Gasteiger partial charge in [-0.1, -0.05) is 26.7 Å². The Bertz CT molecular complexity index is 781. The van der Waals surface area contributed by atoms with E-state index < -0.39 is 5.69 Å². The Morgan fingerprint density at radius 1 is 1.17 bits per heavy atom. The van der Waals surface area contributed by atoms with Crippen molar-refractivity contribution in [3.8, 4) is 29.9 Å². The molecular weight excluding hydrogens is 294 g/mol. The molecule has 0 fully saturated rings. The summed E-state index contributed by atoms with van der Waals surface area (Å²) in [7, 11) is 1.58. The fourth-order valence-electron chi connectivity index (χ4n) is 1.80. The number of aromatic nitrogens is 3. The van der Waals surface area contributed by atoms with Gasteiger partial charge in [0.25, 0.3) is 0 Å². The molecule has 2 rings (SSSR count). The Labute approximate surface area is 135 Å². The van der Waals surface area contributed by atoms with E-state index in [0.717, 1.165) is 0 Å². The van der Waals surface area contributed by atoms with Crippen LogP contribution in [-0.4, -0.2) is 21.6 Å². The van der Waals surface area contributed by atoms with Gasteiger partial charge in [0.15, 0.2) is 0 Å². The molecule has 1 heterocycles. The zero-order valence-electron chi connectivity index (χ0n) is 13.7. The van der Waals surface area contributed by atoms with E-state index >= 15 is 0 Å². The highest BCUT2D eigenvalue weighted by atomic mass is 16.5. The molecule has 23 heavy (non-hydrogen) atoms. The molecule has 2 aromatic rings. The molecule has 0 aliphatic heterocycles. The SMILES string of the molecule is C#CCn1c(Oc2ccc(OC)cc2)nc(C(C)(C)C)nc1=O. The second-order valence-corrected chi connectivity index (χ2v) is 5.93. The van der Waals surface area contributed by atoms with E-state index in [2.05, 4.69) is 15.9 Å². The molecular formula is C17H19N3O3. The van der Waals surface area contributed by atoms with Gasteiger partial charge in [0.2, 0.25) is 0 Å². The monoisotopic (exact) mass is 313 g/mol. The minimum atomic E-state index is -0.480. The highest BCUT2D eigenvalue weighted by Gasteiger charge is 2.21. The lowest BCUT2D eigenvalue weighted by molar-refractivity contribution is 0.384. The van der Waals surface area contributed by atoms with Gasteiger partial charge >= 0.3 is 11.7 Å². The average Bonchev–Trinajstić information content (AvgIpc) is 2.50. The number of hydrogen-bond donors (Lipinski definition) is 0. The Morgan fingerprint density at radius 2 is 1.78 bits per heavy atom. The summed E-state index contributed by atoms with van der Waals surface area (Å²) in [5, 5.41) is 0. The van der Waals surface area contributed by atoms with Crippen LogP contribution < -0.4 is 15.2 Å². The van der Waals surface area contributed by atoms with Crippen molar-refractivity contribution in [1.29, 1.82) is 0 Å². The van der Waals surface area contributed by atoms with E-state index in [9.17, 15) is 4.79 Å². The number of terminal acetylenes is 1. The molecule has 0 amide bonds. The maximum atomic E-state index is 12.2. The van der Waals surface area contributed by atoms with Crippen LogP contribution in [-0.2, 0) is 12.0 Å². The van der Waals surface area contributed by atoms with Crippen molar-refractivity contribution < 1.29 is 9.47 Å². The minimum Gasteiger partial charge on any atom is -0.497 e. The first-order valence-corrected chi connectivity index (χ1v) is 7.10. The second kappa shape index (κ2) is 6.53. The molecule has 1 aromatic carbocycles. The minimum absolute atomic E-state index is 0.0365. The van der Waals surface area contributed by atoms with E-state index in [1.165, 1.54) is 4.57 Å². The van der Waals surface area contributed by atoms with Gasteiger partial charge < -0.3 is 9.47 Å². The standard InChI is InChI=1S/C17H19N3O3/c1-6-11-20-15(21)18-14(17(2,3)4)19-16(20)23-13-9-7-12(22-5)8-10-13/h1,7-10H,11H2,2-5H3. The van der Waals surface area contributed by atoms with Crippen LogP contribution in [0.25, 0.3) is 0 Å². The summed E-state index contributed by atoms with van der Waals surface area (Å²) < 4.78 is 12.1. The highest BCUT2D eigenvalue weighted by molar-refractivity contribution is 5.32. The van der Waals surface area contributed by atoms with E-state index in [0.29, 0.717) is 17.3 Å². The first-order chi connectivity index (χ1) is 10.8. The van der Waals surface area contributed by atoms with Crippen LogP contribution in [0.1, 0.15) is 26.6 Å². The van der Waals surface area contributed by atoms with Crippen LogP contribution in [0, 0.1) is 12.3 Å². The van der Waals surface area contributed by atoms with Crippen molar-refractivity contribution in [2.45, 2.75) is 32.7 Å². The van der Waals surface area contributed by atoms with Crippen molar-refractivity contribution in [1.82, 2.24) is 14.5 Å². The van der Waals surface area contributed by atoms with E-state index in [-0.39, 0.29) is 18.0 Å². The average molecular weight is 313 g/mol. The number of nitrogens with zero attached hydrogens (tertiary/aromatic N) is 3. The normalized spacial score (nSPS) is 10.9. The number of methoxy groups -OCH3 is 1. The molecule has 0 saturated heterocycles. The van der Waals surface area contributed by atoms with Gasteiger partial charge in [-0.15, -0.1) is 6.42 Å². The molecule has 0 atom stereocenters. The Morgan fingerprint density at radius 3 is 2.30 bits per heavy atom. The fourth-order valence-corrected chi connectivity index (χ4v) is 1.80. The third kappa shape index (κ3) is 3.89. The summed E-state index contributed by atoms with van der Waals surface area (Å²) in [5.41, 5.74) is -0.863. The summed E-state index contributed by atoms with van der Waals surface area (Å²) in [6, 6.07) is 7.08. The first-order valence-electron chi connectivity index (χ1n) is 7.10. The molecule has 0 N–H and O–H groups in total. The van der Waals surface area contributed by atoms with Crippen molar-refractivity contribution in [2.75, 3.05) is 7.11 Å². The van der Waals surface area contributed by atoms with Gasteiger partial charge in [0, 0.05) is 5.41 Å². The van der Waals surface area contributed by atoms with E-state index in [4.69, 9.17) is 15.9 Å². The van der Waals surface area contributed by atoms with E-state index in [1.807, 2.05) is 20.8 Å².